The van der Waals surface area contributed by atoms with Crippen molar-refractivity contribution in [3.8, 4) is 5.75 Å². The van der Waals surface area contributed by atoms with Crippen molar-refractivity contribution in [3.63, 3.8) is 0 Å². The number of aromatic nitrogens is 2. The van der Waals surface area contributed by atoms with E-state index in [-0.39, 0.29) is 18.2 Å². The van der Waals surface area contributed by atoms with Gasteiger partial charge in [-0.15, -0.1) is 0 Å². The van der Waals surface area contributed by atoms with Crippen LogP contribution in [0.2, 0.25) is 10.0 Å². The number of nitrogens with one attached hydrogen (secondary N) is 3. The number of rotatable bonds is 7. The molecule has 0 saturated heterocycles. The van der Waals surface area contributed by atoms with Gasteiger partial charge in [-0.2, -0.15) is 0 Å². The van der Waals surface area contributed by atoms with Crippen molar-refractivity contribution in [2.75, 3.05) is 5.32 Å². The lowest BCUT2D eigenvalue weighted by atomic mass is 10.1. The summed E-state index contributed by atoms with van der Waals surface area (Å²) in [5, 5.41) is 6.71. The van der Waals surface area contributed by atoms with E-state index in [2.05, 4.69) is 20.6 Å². The molecular weight excluding hydrogens is 411 g/mol. The van der Waals surface area contributed by atoms with Crippen molar-refractivity contribution in [1.29, 1.82) is 0 Å². The first kappa shape index (κ1) is 21.0. The van der Waals surface area contributed by atoms with Gasteiger partial charge in [-0.3, -0.25) is 0 Å². The molecule has 3 N–H and O–H groups in total. The van der Waals surface area contributed by atoms with E-state index < -0.39 is 0 Å². The average Bonchev–Trinajstić information content (AvgIpc) is 3.14. The number of benzene rings is 2. The monoisotopic (exact) mass is 432 g/mol. The highest BCUT2D eigenvalue weighted by molar-refractivity contribution is 6.34. The Bertz CT molecular complexity index is 941. The Morgan fingerprint density at radius 3 is 2.59 bits per heavy atom. The molecule has 1 aromatic heterocycles. The Balaban J connectivity index is 1.78. The van der Waals surface area contributed by atoms with Crippen LogP contribution in [0.5, 0.6) is 5.75 Å². The predicted molar refractivity (Wildman–Crippen MR) is 116 cm³/mol. The summed E-state index contributed by atoms with van der Waals surface area (Å²) in [5.41, 5.74) is 1.55. The van der Waals surface area contributed by atoms with Crippen LogP contribution in [0.15, 0.2) is 54.9 Å². The highest BCUT2D eigenvalue weighted by atomic mass is 35.5. The van der Waals surface area contributed by atoms with Crippen LogP contribution in [0.25, 0.3) is 0 Å². The van der Waals surface area contributed by atoms with Crippen LogP contribution in [-0.4, -0.2) is 22.0 Å². The number of anilines is 1. The SMILES string of the molecule is CC(C)NC(=O)Nc1cccc(OC(Cc2cc(Cl)cc(Cl)c2)c2ncc[nH]2)c1. The van der Waals surface area contributed by atoms with Gasteiger partial charge >= 0.3 is 6.03 Å². The molecule has 152 valence electrons. The summed E-state index contributed by atoms with van der Waals surface area (Å²) in [7, 11) is 0. The molecule has 0 fully saturated rings. The van der Waals surface area contributed by atoms with Gasteiger partial charge < -0.3 is 20.4 Å². The van der Waals surface area contributed by atoms with Gasteiger partial charge in [0.2, 0.25) is 0 Å². The van der Waals surface area contributed by atoms with E-state index in [0.717, 1.165) is 5.56 Å². The molecule has 0 aliphatic heterocycles. The number of imidazole rings is 1. The van der Waals surface area contributed by atoms with E-state index in [1.54, 1.807) is 30.6 Å². The number of halogens is 2. The second kappa shape index (κ2) is 9.67. The Labute approximate surface area is 179 Å². The first-order valence-electron chi connectivity index (χ1n) is 9.17. The van der Waals surface area contributed by atoms with Gasteiger partial charge in [-0.1, -0.05) is 29.3 Å². The van der Waals surface area contributed by atoms with Gasteiger partial charge in [0.05, 0.1) is 0 Å². The van der Waals surface area contributed by atoms with Crippen LogP contribution < -0.4 is 15.4 Å². The quantitative estimate of drug-likeness (QED) is 0.453. The highest BCUT2D eigenvalue weighted by Gasteiger charge is 2.18. The fourth-order valence-corrected chi connectivity index (χ4v) is 3.40. The Kier molecular flexibility index (Phi) is 7.01. The molecule has 0 aliphatic rings. The maximum Gasteiger partial charge on any atom is 0.319 e. The average molecular weight is 433 g/mol. The van der Waals surface area contributed by atoms with E-state index in [0.29, 0.717) is 33.7 Å². The molecule has 29 heavy (non-hydrogen) atoms. The number of carbonyl (C=O) groups is 1. The van der Waals surface area contributed by atoms with Crippen molar-refractivity contribution >= 4 is 34.9 Å². The molecule has 3 aromatic rings. The number of amides is 2. The second-order valence-electron chi connectivity index (χ2n) is 6.84. The lowest BCUT2D eigenvalue weighted by Gasteiger charge is -2.19. The zero-order valence-electron chi connectivity index (χ0n) is 16.1. The number of ether oxygens (including phenoxy) is 1. The molecule has 1 heterocycles. The van der Waals surface area contributed by atoms with Crippen LogP contribution in [-0.2, 0) is 6.42 Å². The van der Waals surface area contributed by atoms with E-state index >= 15 is 0 Å². The largest absolute Gasteiger partial charge is 0.482 e. The van der Waals surface area contributed by atoms with E-state index in [4.69, 9.17) is 27.9 Å². The molecule has 2 amide bonds. The standard InChI is InChI=1S/C21H22Cl2N4O2/c1-13(2)26-21(28)27-17-4-3-5-18(12-17)29-19(20-24-6-7-25-20)10-14-8-15(22)11-16(23)9-14/h3-9,11-13,19H,10H2,1-2H3,(H,24,25)(H2,26,27,28). The Hall–Kier alpha value is -2.70. The van der Waals surface area contributed by atoms with Crippen molar-refractivity contribution in [2.45, 2.75) is 32.4 Å². The summed E-state index contributed by atoms with van der Waals surface area (Å²) in [6, 6.07) is 12.4. The number of nitrogens with zero attached hydrogens (tertiary/aromatic N) is 1. The normalized spacial score (nSPS) is 11.9. The van der Waals surface area contributed by atoms with E-state index in [1.165, 1.54) is 0 Å². The molecular formula is C21H22Cl2N4O2. The Morgan fingerprint density at radius 2 is 1.93 bits per heavy atom. The molecule has 0 saturated carbocycles. The number of carbonyl (C=O) groups excluding carboxylic acids is 1. The van der Waals surface area contributed by atoms with Crippen molar-refractivity contribution in [3.05, 3.63) is 76.3 Å². The fourth-order valence-electron chi connectivity index (χ4n) is 2.83. The molecule has 2 aromatic carbocycles. The van der Waals surface area contributed by atoms with Gasteiger partial charge in [-0.25, -0.2) is 9.78 Å². The third kappa shape index (κ3) is 6.41. The van der Waals surface area contributed by atoms with Gasteiger partial charge in [-0.05, 0) is 49.7 Å². The number of hydrogen-bond donors (Lipinski definition) is 3. The van der Waals surface area contributed by atoms with Crippen molar-refractivity contribution in [1.82, 2.24) is 15.3 Å². The lowest BCUT2D eigenvalue weighted by Crippen LogP contribution is -2.34. The summed E-state index contributed by atoms with van der Waals surface area (Å²) in [4.78, 5) is 19.4. The van der Waals surface area contributed by atoms with Crippen LogP contribution in [0, 0.1) is 0 Å². The zero-order valence-corrected chi connectivity index (χ0v) is 17.6. The summed E-state index contributed by atoms with van der Waals surface area (Å²) in [6.45, 7) is 3.80. The number of hydrogen-bond acceptors (Lipinski definition) is 3. The van der Waals surface area contributed by atoms with Crippen LogP contribution >= 0.6 is 23.2 Å². The number of urea groups is 1. The third-order valence-corrected chi connectivity index (χ3v) is 4.39. The molecule has 0 spiro atoms. The van der Waals surface area contributed by atoms with Crippen molar-refractivity contribution < 1.29 is 9.53 Å². The topological polar surface area (TPSA) is 79.0 Å². The van der Waals surface area contributed by atoms with Crippen LogP contribution in [0.3, 0.4) is 0 Å². The van der Waals surface area contributed by atoms with E-state index in [1.807, 2.05) is 38.1 Å². The van der Waals surface area contributed by atoms with Crippen molar-refractivity contribution in [2.24, 2.45) is 0 Å². The minimum absolute atomic E-state index is 0.0438. The maximum atomic E-state index is 11.9. The number of aromatic amines is 1. The molecule has 6 nitrogen and oxygen atoms in total. The molecule has 0 aliphatic carbocycles. The second-order valence-corrected chi connectivity index (χ2v) is 7.72. The minimum Gasteiger partial charge on any atom is -0.482 e. The molecule has 8 heteroatoms. The molecule has 3 rings (SSSR count). The van der Waals surface area contributed by atoms with Gasteiger partial charge in [0.15, 0.2) is 6.10 Å². The molecule has 1 atom stereocenters. The summed E-state index contributed by atoms with van der Waals surface area (Å²) < 4.78 is 6.19. The first-order valence-corrected chi connectivity index (χ1v) is 9.93. The fraction of sp³-hybridized carbons (Fsp3) is 0.238. The summed E-state index contributed by atoms with van der Waals surface area (Å²) in [6.07, 6.45) is 3.54. The number of H-pyrrole nitrogens is 1. The maximum absolute atomic E-state index is 11.9. The third-order valence-electron chi connectivity index (χ3n) is 3.96. The van der Waals surface area contributed by atoms with Crippen LogP contribution in [0.1, 0.15) is 31.3 Å². The highest BCUT2D eigenvalue weighted by Crippen LogP contribution is 2.28. The van der Waals surface area contributed by atoms with E-state index in [9.17, 15) is 4.79 Å². The summed E-state index contributed by atoms with van der Waals surface area (Å²) in [5.74, 6) is 1.28. The summed E-state index contributed by atoms with van der Waals surface area (Å²) >= 11 is 12.3. The molecule has 0 bridgehead atoms. The first-order chi connectivity index (χ1) is 13.9. The smallest absolute Gasteiger partial charge is 0.319 e. The lowest BCUT2D eigenvalue weighted by molar-refractivity contribution is 0.197. The van der Waals surface area contributed by atoms with Gasteiger partial charge in [0.1, 0.15) is 11.6 Å². The van der Waals surface area contributed by atoms with Crippen LogP contribution in [0.4, 0.5) is 10.5 Å². The van der Waals surface area contributed by atoms with Gasteiger partial charge in [0, 0.05) is 46.7 Å². The predicted octanol–water partition coefficient (Wildman–Crippen LogP) is 5.61. The van der Waals surface area contributed by atoms with Gasteiger partial charge in [0.25, 0.3) is 0 Å². The molecule has 0 radical (unpaired) electrons. The Morgan fingerprint density at radius 1 is 1.17 bits per heavy atom. The minimum atomic E-state index is -0.390. The zero-order chi connectivity index (χ0) is 20.8. The molecule has 1 unspecified atom stereocenters.